The van der Waals surface area contributed by atoms with Crippen molar-refractivity contribution in [2.24, 2.45) is 0 Å². The Morgan fingerprint density at radius 2 is 1.92 bits per heavy atom. The summed E-state index contributed by atoms with van der Waals surface area (Å²) >= 11 is 1.19. The molecule has 3 rings (SSSR count). The molecule has 3 heterocycles. The number of hydrogen-bond acceptors (Lipinski definition) is 8. The van der Waals surface area contributed by atoms with Crippen molar-refractivity contribution in [3.05, 3.63) is 47.2 Å². The summed E-state index contributed by atoms with van der Waals surface area (Å²) in [4.78, 5) is 29.7. The Morgan fingerprint density at radius 3 is 2.62 bits per heavy atom. The van der Waals surface area contributed by atoms with Crippen LogP contribution in [-0.4, -0.2) is 32.5 Å². The summed E-state index contributed by atoms with van der Waals surface area (Å²) < 4.78 is 5.14. The molecule has 0 aliphatic carbocycles. The van der Waals surface area contributed by atoms with Gasteiger partial charge in [-0.25, -0.2) is 19.7 Å². The van der Waals surface area contributed by atoms with Gasteiger partial charge in [0.15, 0.2) is 5.13 Å². The van der Waals surface area contributed by atoms with Gasteiger partial charge in [0.05, 0.1) is 12.3 Å². The topological polar surface area (TPSA) is 89.9 Å². The number of anilines is 2. The highest BCUT2D eigenvalue weighted by Gasteiger charge is 2.22. The van der Waals surface area contributed by atoms with Gasteiger partial charge in [0.1, 0.15) is 10.6 Å². The van der Waals surface area contributed by atoms with Crippen molar-refractivity contribution in [1.29, 1.82) is 0 Å². The van der Waals surface area contributed by atoms with E-state index in [1.807, 2.05) is 19.1 Å². The lowest BCUT2D eigenvalue weighted by atomic mass is 10.1. The third-order valence-corrected chi connectivity index (χ3v) is 4.06. The molecule has 0 aromatic carbocycles. The third kappa shape index (κ3) is 3.38. The Kier molecular flexibility index (Phi) is 4.76. The van der Waals surface area contributed by atoms with Crippen molar-refractivity contribution >= 4 is 28.4 Å². The van der Waals surface area contributed by atoms with Crippen LogP contribution in [0, 0.1) is 6.92 Å². The first-order valence-electron chi connectivity index (χ1n) is 7.33. The molecule has 0 aliphatic heterocycles. The van der Waals surface area contributed by atoms with Crippen molar-refractivity contribution in [3.8, 4) is 11.4 Å². The van der Waals surface area contributed by atoms with E-state index in [9.17, 15) is 4.79 Å². The molecule has 3 aromatic heterocycles. The van der Waals surface area contributed by atoms with Gasteiger partial charge >= 0.3 is 5.97 Å². The number of ether oxygens (including phenoxy) is 1. The zero-order valence-electron chi connectivity index (χ0n) is 13.2. The van der Waals surface area contributed by atoms with Crippen LogP contribution in [0.25, 0.3) is 11.4 Å². The summed E-state index contributed by atoms with van der Waals surface area (Å²) in [5, 5.41) is 3.50. The van der Waals surface area contributed by atoms with E-state index in [0.717, 1.165) is 5.56 Å². The molecule has 0 saturated heterocycles. The number of hydrogen-bond donors (Lipinski definition) is 1. The molecule has 0 fully saturated rings. The maximum atomic E-state index is 12.3. The monoisotopic (exact) mass is 341 g/mol. The predicted molar refractivity (Wildman–Crippen MR) is 91.4 cm³/mol. The summed E-state index contributed by atoms with van der Waals surface area (Å²) in [5.41, 5.74) is 2.07. The van der Waals surface area contributed by atoms with E-state index in [-0.39, 0.29) is 0 Å². The summed E-state index contributed by atoms with van der Waals surface area (Å²) in [5.74, 6) is -0.0111. The second-order valence-corrected chi connectivity index (χ2v) is 5.78. The molecule has 8 heteroatoms. The van der Waals surface area contributed by atoms with Crippen LogP contribution in [0.1, 0.15) is 22.2 Å². The van der Waals surface area contributed by atoms with Crippen LogP contribution in [0.2, 0.25) is 0 Å². The van der Waals surface area contributed by atoms with E-state index < -0.39 is 5.97 Å². The number of aryl methyl sites for hydroxylation is 1. The summed E-state index contributed by atoms with van der Waals surface area (Å²) in [6, 6.07) is 5.48. The molecule has 0 aliphatic rings. The molecule has 7 nitrogen and oxygen atoms in total. The zero-order valence-corrected chi connectivity index (χ0v) is 14.0. The van der Waals surface area contributed by atoms with Crippen molar-refractivity contribution in [1.82, 2.24) is 19.9 Å². The van der Waals surface area contributed by atoms with Gasteiger partial charge in [0.25, 0.3) is 0 Å². The second kappa shape index (κ2) is 7.14. The maximum Gasteiger partial charge on any atom is 0.350 e. The molecule has 0 spiro atoms. The van der Waals surface area contributed by atoms with Gasteiger partial charge in [-0.1, -0.05) is 17.4 Å². The Bertz CT molecular complexity index is 851. The summed E-state index contributed by atoms with van der Waals surface area (Å²) in [7, 11) is 0. The largest absolute Gasteiger partial charge is 0.462 e. The molecule has 24 heavy (non-hydrogen) atoms. The first-order valence-corrected chi connectivity index (χ1v) is 8.14. The molecule has 0 unspecified atom stereocenters. The first-order chi connectivity index (χ1) is 11.7. The zero-order chi connectivity index (χ0) is 16.9. The van der Waals surface area contributed by atoms with Gasteiger partial charge in [-0.3, -0.25) is 4.98 Å². The molecule has 3 aromatic rings. The maximum absolute atomic E-state index is 12.3. The average Bonchev–Trinajstić information content (AvgIpc) is 3.00. The fraction of sp³-hybridized carbons (Fsp3) is 0.188. The first kappa shape index (κ1) is 16.0. The summed E-state index contributed by atoms with van der Waals surface area (Å²) in [6.07, 6.45) is 4.92. The molecule has 0 bridgehead atoms. The van der Waals surface area contributed by atoms with E-state index in [2.05, 4.69) is 25.3 Å². The van der Waals surface area contributed by atoms with Gasteiger partial charge in [-0.2, -0.15) is 0 Å². The number of pyridine rings is 1. The number of carbonyl (C=O) groups is 1. The smallest absolute Gasteiger partial charge is 0.350 e. The summed E-state index contributed by atoms with van der Waals surface area (Å²) in [6.45, 7) is 3.98. The number of rotatable bonds is 5. The molecule has 0 saturated carbocycles. The van der Waals surface area contributed by atoms with E-state index >= 15 is 0 Å². The van der Waals surface area contributed by atoms with Crippen LogP contribution in [0.4, 0.5) is 11.1 Å². The molecular formula is C16H15N5O2S. The predicted octanol–water partition coefficient (Wildman–Crippen LogP) is 3.22. The van der Waals surface area contributed by atoms with Crippen LogP contribution < -0.4 is 5.32 Å². The molecule has 0 radical (unpaired) electrons. The van der Waals surface area contributed by atoms with E-state index in [1.165, 1.54) is 11.3 Å². The van der Waals surface area contributed by atoms with Crippen molar-refractivity contribution in [2.45, 2.75) is 13.8 Å². The Morgan fingerprint density at radius 1 is 1.17 bits per heavy atom. The van der Waals surface area contributed by atoms with Crippen LogP contribution >= 0.6 is 11.3 Å². The third-order valence-electron chi connectivity index (χ3n) is 3.11. The highest BCUT2D eigenvalue weighted by atomic mass is 32.1. The fourth-order valence-corrected chi connectivity index (χ4v) is 2.92. The molecule has 0 atom stereocenters. The van der Waals surface area contributed by atoms with Crippen LogP contribution in [-0.2, 0) is 4.74 Å². The second-order valence-electron chi connectivity index (χ2n) is 4.78. The number of nitrogens with one attached hydrogen (secondary N) is 1. The SMILES string of the molecule is CCOC(=O)c1sc(Nc2ncccn2)nc1-c1ncccc1C. The van der Waals surface area contributed by atoms with Crippen LogP contribution in [0.15, 0.2) is 36.8 Å². The quantitative estimate of drug-likeness (QED) is 0.713. The van der Waals surface area contributed by atoms with Gasteiger partial charge in [0, 0.05) is 18.6 Å². The number of nitrogens with zero attached hydrogens (tertiary/aromatic N) is 4. The number of esters is 1. The number of aromatic nitrogens is 4. The van der Waals surface area contributed by atoms with E-state index in [1.54, 1.807) is 31.6 Å². The van der Waals surface area contributed by atoms with Gasteiger partial charge in [-0.15, -0.1) is 0 Å². The number of thiazole rings is 1. The van der Waals surface area contributed by atoms with Gasteiger partial charge < -0.3 is 10.1 Å². The lowest BCUT2D eigenvalue weighted by molar-refractivity contribution is 0.0532. The van der Waals surface area contributed by atoms with Crippen molar-refractivity contribution in [2.75, 3.05) is 11.9 Å². The van der Waals surface area contributed by atoms with E-state index in [0.29, 0.717) is 34.0 Å². The standard InChI is InChI=1S/C16H15N5O2S/c1-3-23-14(22)13-12(11-10(2)6-4-7-17-11)20-16(24-13)21-15-18-8-5-9-19-15/h4-9H,3H2,1-2H3,(H,18,19,20,21). The molecular weight excluding hydrogens is 326 g/mol. The van der Waals surface area contributed by atoms with Crippen molar-refractivity contribution < 1.29 is 9.53 Å². The Labute approximate surface area is 142 Å². The minimum absolute atomic E-state index is 0.294. The minimum atomic E-state index is -0.419. The van der Waals surface area contributed by atoms with Gasteiger partial charge in [0.2, 0.25) is 5.95 Å². The van der Waals surface area contributed by atoms with E-state index in [4.69, 9.17) is 4.74 Å². The van der Waals surface area contributed by atoms with Gasteiger partial charge in [-0.05, 0) is 31.5 Å². The molecule has 1 N–H and O–H groups in total. The normalized spacial score (nSPS) is 10.4. The molecule has 122 valence electrons. The van der Waals surface area contributed by atoms with Crippen molar-refractivity contribution in [3.63, 3.8) is 0 Å². The van der Waals surface area contributed by atoms with Crippen LogP contribution in [0.3, 0.4) is 0 Å². The molecule has 0 amide bonds. The van der Waals surface area contributed by atoms with Crippen LogP contribution in [0.5, 0.6) is 0 Å². The lowest BCUT2D eigenvalue weighted by Gasteiger charge is -2.04. The average molecular weight is 341 g/mol. The highest BCUT2D eigenvalue weighted by Crippen LogP contribution is 2.33. The highest BCUT2D eigenvalue weighted by molar-refractivity contribution is 7.18. The Balaban J connectivity index is 2.03. The lowest BCUT2D eigenvalue weighted by Crippen LogP contribution is -2.04. The minimum Gasteiger partial charge on any atom is -0.462 e. The Hall–Kier alpha value is -2.87. The number of carbonyl (C=O) groups excluding carboxylic acids is 1. The fourth-order valence-electron chi connectivity index (χ4n) is 2.06.